The molecule has 2 atom stereocenters. The Morgan fingerprint density at radius 2 is 1.82 bits per heavy atom. The number of hydrogen-bond donors (Lipinski definition) is 3. The summed E-state index contributed by atoms with van der Waals surface area (Å²) >= 11 is 0. The lowest BCUT2D eigenvalue weighted by Crippen LogP contribution is -2.54. The highest BCUT2D eigenvalue weighted by Gasteiger charge is 2.24. The van der Waals surface area contributed by atoms with Gasteiger partial charge in [0.25, 0.3) is 0 Å². The zero-order valence-corrected chi connectivity index (χ0v) is 12.0. The standard InChI is InChI=1S/C13H28N2O2/c1-7-13(5,6)15-12(17)10(4)14-11(8-16)9(2)3/h9-11,14,16H,7-8H2,1-6H3,(H,15,17)/t10?,11-/m1/s1. The SMILES string of the molecule is CCC(C)(C)NC(=O)C(C)N[C@H](CO)C(C)C. The summed E-state index contributed by atoms with van der Waals surface area (Å²) < 4.78 is 0. The van der Waals surface area contributed by atoms with Gasteiger partial charge in [-0.05, 0) is 33.1 Å². The lowest BCUT2D eigenvalue weighted by atomic mass is 10.0. The first-order chi connectivity index (χ1) is 7.73. The molecular weight excluding hydrogens is 216 g/mol. The number of nitrogens with one attached hydrogen (secondary N) is 2. The lowest BCUT2D eigenvalue weighted by molar-refractivity contribution is -0.124. The Kier molecular flexibility index (Phi) is 6.72. The predicted octanol–water partition coefficient (Wildman–Crippen LogP) is 1.29. The van der Waals surface area contributed by atoms with E-state index in [1.165, 1.54) is 0 Å². The number of rotatable bonds is 7. The molecule has 0 saturated carbocycles. The van der Waals surface area contributed by atoms with Crippen LogP contribution in [-0.4, -0.2) is 35.2 Å². The second-order valence-corrected chi connectivity index (χ2v) is 5.65. The molecule has 0 aromatic heterocycles. The van der Waals surface area contributed by atoms with Crippen LogP contribution in [0.15, 0.2) is 0 Å². The second-order valence-electron chi connectivity index (χ2n) is 5.65. The molecule has 102 valence electrons. The molecule has 0 aliphatic rings. The first-order valence-electron chi connectivity index (χ1n) is 6.42. The van der Waals surface area contributed by atoms with Crippen LogP contribution in [-0.2, 0) is 4.79 Å². The molecule has 0 rings (SSSR count). The summed E-state index contributed by atoms with van der Waals surface area (Å²) in [5.41, 5.74) is -0.181. The molecule has 0 fully saturated rings. The third-order valence-corrected chi connectivity index (χ3v) is 3.20. The van der Waals surface area contributed by atoms with Gasteiger partial charge in [-0.25, -0.2) is 0 Å². The Balaban J connectivity index is 4.31. The first-order valence-corrected chi connectivity index (χ1v) is 6.42. The van der Waals surface area contributed by atoms with Gasteiger partial charge in [-0.3, -0.25) is 4.79 Å². The van der Waals surface area contributed by atoms with E-state index >= 15 is 0 Å². The highest BCUT2D eigenvalue weighted by molar-refractivity contribution is 5.82. The summed E-state index contributed by atoms with van der Waals surface area (Å²) in [7, 11) is 0. The largest absolute Gasteiger partial charge is 0.395 e. The van der Waals surface area contributed by atoms with E-state index in [1.807, 2.05) is 41.5 Å². The van der Waals surface area contributed by atoms with E-state index in [0.29, 0.717) is 5.92 Å². The third-order valence-electron chi connectivity index (χ3n) is 3.20. The third kappa shape index (κ3) is 6.03. The zero-order valence-electron chi connectivity index (χ0n) is 12.0. The van der Waals surface area contributed by atoms with E-state index in [-0.39, 0.29) is 30.1 Å². The van der Waals surface area contributed by atoms with Gasteiger partial charge >= 0.3 is 0 Å². The van der Waals surface area contributed by atoms with Gasteiger partial charge in [0.05, 0.1) is 12.6 Å². The first kappa shape index (κ1) is 16.4. The molecule has 1 amide bonds. The molecule has 3 N–H and O–H groups in total. The van der Waals surface area contributed by atoms with Crippen molar-refractivity contribution in [2.24, 2.45) is 5.92 Å². The molecule has 4 nitrogen and oxygen atoms in total. The summed E-state index contributed by atoms with van der Waals surface area (Å²) in [5.74, 6) is 0.283. The Morgan fingerprint density at radius 3 is 2.18 bits per heavy atom. The van der Waals surface area contributed by atoms with Gasteiger partial charge in [0.1, 0.15) is 0 Å². The average molecular weight is 244 g/mol. The van der Waals surface area contributed by atoms with E-state index in [9.17, 15) is 9.90 Å². The van der Waals surface area contributed by atoms with Crippen molar-refractivity contribution < 1.29 is 9.90 Å². The molecule has 0 saturated heterocycles. The fraction of sp³-hybridized carbons (Fsp3) is 0.923. The minimum Gasteiger partial charge on any atom is -0.395 e. The van der Waals surface area contributed by atoms with Gasteiger partial charge < -0.3 is 15.7 Å². The summed E-state index contributed by atoms with van der Waals surface area (Å²) in [6.07, 6.45) is 0.888. The molecule has 0 bridgehead atoms. The smallest absolute Gasteiger partial charge is 0.237 e. The fourth-order valence-electron chi connectivity index (χ4n) is 1.38. The maximum atomic E-state index is 11.9. The topological polar surface area (TPSA) is 61.4 Å². The minimum absolute atomic E-state index is 0.0176. The van der Waals surface area contributed by atoms with Crippen LogP contribution in [0.25, 0.3) is 0 Å². The number of amides is 1. The van der Waals surface area contributed by atoms with Crippen molar-refractivity contribution in [3.8, 4) is 0 Å². The van der Waals surface area contributed by atoms with E-state index in [4.69, 9.17) is 0 Å². The number of carbonyl (C=O) groups excluding carboxylic acids is 1. The number of aliphatic hydroxyl groups excluding tert-OH is 1. The quantitative estimate of drug-likeness (QED) is 0.632. The number of aliphatic hydroxyl groups is 1. The highest BCUT2D eigenvalue weighted by atomic mass is 16.3. The van der Waals surface area contributed by atoms with Crippen LogP contribution in [0.1, 0.15) is 48.0 Å². The molecule has 4 heteroatoms. The molecule has 0 aromatic carbocycles. The summed E-state index contributed by atoms with van der Waals surface area (Å²) in [6, 6.07) is -0.333. The molecule has 0 heterocycles. The number of hydrogen-bond acceptors (Lipinski definition) is 3. The van der Waals surface area contributed by atoms with Crippen LogP contribution in [0.2, 0.25) is 0 Å². The van der Waals surface area contributed by atoms with Crippen LogP contribution in [0.4, 0.5) is 0 Å². The fourth-order valence-corrected chi connectivity index (χ4v) is 1.38. The second kappa shape index (κ2) is 6.97. The zero-order chi connectivity index (χ0) is 13.6. The van der Waals surface area contributed by atoms with Crippen molar-refractivity contribution in [3.05, 3.63) is 0 Å². The lowest BCUT2D eigenvalue weighted by Gasteiger charge is -2.29. The van der Waals surface area contributed by atoms with Crippen molar-refractivity contribution in [3.63, 3.8) is 0 Å². The van der Waals surface area contributed by atoms with Gasteiger partial charge in [-0.15, -0.1) is 0 Å². The molecule has 0 aliphatic carbocycles. The Labute approximate surface area is 105 Å². The molecule has 0 aliphatic heterocycles. The summed E-state index contributed by atoms with van der Waals surface area (Å²) in [6.45, 7) is 12.0. The van der Waals surface area contributed by atoms with Crippen molar-refractivity contribution in [2.75, 3.05) is 6.61 Å². The maximum absolute atomic E-state index is 11.9. The van der Waals surface area contributed by atoms with Gasteiger partial charge in [0.15, 0.2) is 0 Å². The van der Waals surface area contributed by atoms with E-state index in [1.54, 1.807) is 0 Å². The van der Waals surface area contributed by atoms with Crippen molar-refractivity contribution in [1.82, 2.24) is 10.6 Å². The molecule has 0 aromatic rings. The minimum atomic E-state index is -0.291. The van der Waals surface area contributed by atoms with Crippen LogP contribution in [0, 0.1) is 5.92 Å². The molecule has 0 spiro atoms. The van der Waals surface area contributed by atoms with E-state index in [0.717, 1.165) is 6.42 Å². The van der Waals surface area contributed by atoms with Crippen LogP contribution >= 0.6 is 0 Å². The Bertz CT molecular complexity index is 240. The molecule has 0 radical (unpaired) electrons. The van der Waals surface area contributed by atoms with Gasteiger partial charge in [-0.1, -0.05) is 20.8 Å². The van der Waals surface area contributed by atoms with Crippen LogP contribution in [0.5, 0.6) is 0 Å². The summed E-state index contributed by atoms with van der Waals surface area (Å²) in [4.78, 5) is 11.9. The molecular formula is C13H28N2O2. The summed E-state index contributed by atoms with van der Waals surface area (Å²) in [5, 5.41) is 15.4. The van der Waals surface area contributed by atoms with Crippen molar-refractivity contribution in [2.45, 2.75) is 65.6 Å². The van der Waals surface area contributed by atoms with Gasteiger partial charge in [0, 0.05) is 11.6 Å². The molecule has 17 heavy (non-hydrogen) atoms. The predicted molar refractivity (Wildman–Crippen MR) is 70.8 cm³/mol. The van der Waals surface area contributed by atoms with Gasteiger partial charge in [0.2, 0.25) is 5.91 Å². The van der Waals surface area contributed by atoms with E-state index < -0.39 is 0 Å². The normalized spacial score (nSPS) is 15.8. The van der Waals surface area contributed by atoms with Crippen molar-refractivity contribution in [1.29, 1.82) is 0 Å². The maximum Gasteiger partial charge on any atom is 0.237 e. The highest BCUT2D eigenvalue weighted by Crippen LogP contribution is 2.08. The molecule has 1 unspecified atom stereocenters. The van der Waals surface area contributed by atoms with Crippen molar-refractivity contribution >= 4 is 5.91 Å². The number of carbonyl (C=O) groups is 1. The average Bonchev–Trinajstić information content (AvgIpc) is 2.24. The van der Waals surface area contributed by atoms with Crippen LogP contribution in [0.3, 0.4) is 0 Å². The Morgan fingerprint density at radius 1 is 1.29 bits per heavy atom. The Hall–Kier alpha value is -0.610. The monoisotopic (exact) mass is 244 g/mol. The van der Waals surface area contributed by atoms with Gasteiger partial charge in [-0.2, -0.15) is 0 Å². The van der Waals surface area contributed by atoms with E-state index in [2.05, 4.69) is 10.6 Å². The van der Waals surface area contributed by atoms with Crippen LogP contribution < -0.4 is 10.6 Å².